The highest BCUT2D eigenvalue weighted by Crippen LogP contribution is 2.22. The molecule has 0 N–H and O–H groups in total. The lowest BCUT2D eigenvalue weighted by atomic mass is 9.99. The molecule has 0 saturated carbocycles. The van der Waals surface area contributed by atoms with Crippen molar-refractivity contribution in [2.24, 2.45) is 5.92 Å². The van der Waals surface area contributed by atoms with Crippen LogP contribution in [0.1, 0.15) is 12.8 Å². The van der Waals surface area contributed by atoms with E-state index >= 15 is 0 Å². The Balaban J connectivity index is 1.93. The highest BCUT2D eigenvalue weighted by molar-refractivity contribution is 7.85. The molecule has 0 radical (unpaired) electrons. The first kappa shape index (κ1) is 13.3. The molecule has 1 saturated heterocycles. The van der Waals surface area contributed by atoms with Crippen LogP contribution in [0.5, 0.6) is 0 Å². The summed E-state index contributed by atoms with van der Waals surface area (Å²) in [6, 6.07) is 3.94. The van der Waals surface area contributed by atoms with Crippen LogP contribution < -0.4 is 4.90 Å². The molecule has 2 heterocycles. The lowest BCUT2D eigenvalue weighted by Gasteiger charge is -2.34. The first-order chi connectivity index (χ1) is 8.54. The third-order valence-electron chi connectivity index (χ3n) is 3.06. The van der Waals surface area contributed by atoms with Crippen LogP contribution in [0.25, 0.3) is 0 Å². The molecule has 0 aromatic carbocycles. The molecule has 0 amide bonds. The van der Waals surface area contributed by atoms with Gasteiger partial charge in [-0.05, 0) is 25.0 Å². The molecule has 1 aromatic heterocycles. The zero-order chi connectivity index (χ0) is 13.0. The van der Waals surface area contributed by atoms with Gasteiger partial charge in [-0.3, -0.25) is 9.17 Å². The SMILES string of the molecule is CS(=O)(=O)OCC1CCCN(c2ccncc2)C1. The average molecular weight is 270 g/mol. The van der Waals surface area contributed by atoms with E-state index in [4.69, 9.17) is 4.18 Å². The average Bonchev–Trinajstić information content (AvgIpc) is 2.37. The van der Waals surface area contributed by atoms with Crippen LogP contribution in [-0.4, -0.2) is 39.4 Å². The third kappa shape index (κ3) is 3.96. The summed E-state index contributed by atoms with van der Waals surface area (Å²) in [5.41, 5.74) is 1.13. The van der Waals surface area contributed by atoms with Gasteiger partial charge in [0.25, 0.3) is 10.1 Å². The zero-order valence-electron chi connectivity index (χ0n) is 10.4. The van der Waals surface area contributed by atoms with E-state index < -0.39 is 10.1 Å². The van der Waals surface area contributed by atoms with Gasteiger partial charge in [0.1, 0.15) is 0 Å². The first-order valence-electron chi connectivity index (χ1n) is 6.04. The van der Waals surface area contributed by atoms with E-state index in [2.05, 4.69) is 9.88 Å². The monoisotopic (exact) mass is 270 g/mol. The van der Waals surface area contributed by atoms with Crippen LogP contribution >= 0.6 is 0 Å². The second kappa shape index (κ2) is 5.67. The first-order valence-corrected chi connectivity index (χ1v) is 7.85. The summed E-state index contributed by atoms with van der Waals surface area (Å²) < 4.78 is 26.8. The van der Waals surface area contributed by atoms with Crippen molar-refractivity contribution in [1.29, 1.82) is 0 Å². The lowest BCUT2D eigenvalue weighted by Crippen LogP contribution is -2.37. The van der Waals surface area contributed by atoms with Crippen molar-refractivity contribution in [2.75, 3.05) is 30.9 Å². The molecule has 5 nitrogen and oxygen atoms in total. The Morgan fingerprint density at radius 1 is 1.44 bits per heavy atom. The summed E-state index contributed by atoms with van der Waals surface area (Å²) in [6.07, 6.45) is 6.70. The van der Waals surface area contributed by atoms with E-state index in [1.165, 1.54) is 0 Å². The highest BCUT2D eigenvalue weighted by atomic mass is 32.2. The number of nitrogens with zero attached hydrogens (tertiary/aromatic N) is 2. The maximum absolute atomic E-state index is 11.0. The second-order valence-electron chi connectivity index (χ2n) is 4.65. The fourth-order valence-corrected chi connectivity index (χ4v) is 2.65. The minimum atomic E-state index is -3.33. The number of hydrogen-bond acceptors (Lipinski definition) is 5. The van der Waals surface area contributed by atoms with E-state index in [9.17, 15) is 8.42 Å². The Labute approximate surface area is 108 Å². The van der Waals surface area contributed by atoms with Crippen molar-refractivity contribution < 1.29 is 12.6 Å². The molecule has 1 atom stereocenters. The number of anilines is 1. The third-order valence-corrected chi connectivity index (χ3v) is 3.63. The Hall–Kier alpha value is -1.14. The Bertz CT molecular complexity index is 475. The van der Waals surface area contributed by atoms with Crippen LogP contribution in [-0.2, 0) is 14.3 Å². The molecule has 1 unspecified atom stereocenters. The van der Waals surface area contributed by atoms with Gasteiger partial charge in [-0.2, -0.15) is 8.42 Å². The Morgan fingerprint density at radius 3 is 2.83 bits per heavy atom. The van der Waals surface area contributed by atoms with Crippen LogP contribution in [0.15, 0.2) is 24.5 Å². The lowest BCUT2D eigenvalue weighted by molar-refractivity contribution is 0.236. The van der Waals surface area contributed by atoms with Crippen LogP contribution in [0.4, 0.5) is 5.69 Å². The number of piperidine rings is 1. The predicted molar refractivity (Wildman–Crippen MR) is 70.0 cm³/mol. The Kier molecular flexibility index (Phi) is 4.19. The highest BCUT2D eigenvalue weighted by Gasteiger charge is 2.21. The largest absolute Gasteiger partial charge is 0.371 e. The van der Waals surface area contributed by atoms with Crippen molar-refractivity contribution in [3.05, 3.63) is 24.5 Å². The summed E-state index contributed by atoms with van der Waals surface area (Å²) in [7, 11) is -3.33. The summed E-state index contributed by atoms with van der Waals surface area (Å²) >= 11 is 0. The van der Waals surface area contributed by atoms with Gasteiger partial charge in [-0.1, -0.05) is 0 Å². The minimum Gasteiger partial charge on any atom is -0.371 e. The standard InChI is InChI=1S/C12H18N2O3S/c1-18(15,16)17-10-11-3-2-8-14(9-11)12-4-6-13-7-5-12/h4-7,11H,2-3,8-10H2,1H3. The molecule has 18 heavy (non-hydrogen) atoms. The van der Waals surface area contributed by atoms with Crippen molar-refractivity contribution in [2.45, 2.75) is 12.8 Å². The van der Waals surface area contributed by atoms with Gasteiger partial charge in [-0.15, -0.1) is 0 Å². The van der Waals surface area contributed by atoms with E-state index in [1.807, 2.05) is 12.1 Å². The van der Waals surface area contributed by atoms with Gasteiger partial charge in [-0.25, -0.2) is 0 Å². The summed E-state index contributed by atoms with van der Waals surface area (Å²) in [4.78, 5) is 6.25. The molecule has 1 aliphatic heterocycles. The van der Waals surface area contributed by atoms with Crippen molar-refractivity contribution in [3.8, 4) is 0 Å². The van der Waals surface area contributed by atoms with E-state index in [-0.39, 0.29) is 12.5 Å². The van der Waals surface area contributed by atoms with E-state index in [0.29, 0.717) is 0 Å². The van der Waals surface area contributed by atoms with E-state index in [0.717, 1.165) is 37.9 Å². The summed E-state index contributed by atoms with van der Waals surface area (Å²) in [6.45, 7) is 2.11. The minimum absolute atomic E-state index is 0.265. The van der Waals surface area contributed by atoms with Crippen molar-refractivity contribution in [3.63, 3.8) is 0 Å². The number of rotatable bonds is 4. The molecule has 100 valence electrons. The maximum atomic E-state index is 11.0. The fraction of sp³-hybridized carbons (Fsp3) is 0.583. The predicted octanol–water partition coefficient (Wildman–Crippen LogP) is 1.27. The number of hydrogen-bond donors (Lipinski definition) is 0. The normalized spacial score (nSPS) is 20.9. The van der Waals surface area contributed by atoms with Gasteiger partial charge in [0, 0.05) is 37.1 Å². The number of aromatic nitrogens is 1. The zero-order valence-corrected chi connectivity index (χ0v) is 11.3. The van der Waals surface area contributed by atoms with Crippen molar-refractivity contribution in [1.82, 2.24) is 4.98 Å². The molecule has 1 aliphatic rings. The van der Waals surface area contributed by atoms with Crippen LogP contribution in [0.2, 0.25) is 0 Å². The van der Waals surface area contributed by atoms with Gasteiger partial charge in [0.2, 0.25) is 0 Å². The molecule has 1 aromatic rings. The smallest absolute Gasteiger partial charge is 0.264 e. The molecule has 2 rings (SSSR count). The van der Waals surface area contributed by atoms with Crippen LogP contribution in [0, 0.1) is 5.92 Å². The van der Waals surface area contributed by atoms with Gasteiger partial charge >= 0.3 is 0 Å². The maximum Gasteiger partial charge on any atom is 0.264 e. The fourth-order valence-electron chi connectivity index (χ4n) is 2.21. The van der Waals surface area contributed by atoms with Gasteiger partial charge < -0.3 is 4.90 Å². The molecular formula is C12H18N2O3S. The topological polar surface area (TPSA) is 59.5 Å². The van der Waals surface area contributed by atoms with E-state index in [1.54, 1.807) is 12.4 Å². The number of pyridine rings is 1. The van der Waals surface area contributed by atoms with Gasteiger partial charge in [0.05, 0.1) is 12.9 Å². The molecule has 6 heteroatoms. The summed E-state index contributed by atoms with van der Waals surface area (Å²) in [5.74, 6) is 0.265. The molecule has 0 aliphatic carbocycles. The molecule has 0 bridgehead atoms. The quantitative estimate of drug-likeness (QED) is 0.771. The molecule has 1 fully saturated rings. The molecular weight excluding hydrogens is 252 g/mol. The van der Waals surface area contributed by atoms with Crippen LogP contribution in [0.3, 0.4) is 0 Å². The summed E-state index contributed by atoms with van der Waals surface area (Å²) in [5, 5.41) is 0. The van der Waals surface area contributed by atoms with Gasteiger partial charge in [0.15, 0.2) is 0 Å². The Morgan fingerprint density at radius 2 is 2.17 bits per heavy atom. The van der Waals surface area contributed by atoms with Crippen molar-refractivity contribution >= 4 is 15.8 Å². The second-order valence-corrected chi connectivity index (χ2v) is 6.29. The molecule has 0 spiro atoms.